The maximum Gasteiger partial charge on any atom is 0.123 e. The molecular formula is C20H24FNO. The van der Waals surface area contributed by atoms with Gasteiger partial charge in [0.25, 0.3) is 0 Å². The Hall–Kier alpha value is -1.97. The van der Waals surface area contributed by atoms with Gasteiger partial charge in [0.1, 0.15) is 5.82 Å². The Labute approximate surface area is 137 Å². The number of allylic oxidation sites excluding steroid dienone is 1. The van der Waals surface area contributed by atoms with Crippen molar-refractivity contribution in [1.29, 1.82) is 0 Å². The van der Waals surface area contributed by atoms with Crippen LogP contribution in [0.4, 0.5) is 4.39 Å². The number of nitrogens with zero attached hydrogens (tertiary/aromatic N) is 1. The number of hydrogen-bond acceptors (Lipinski definition) is 2. The average molecular weight is 313 g/mol. The van der Waals surface area contributed by atoms with Gasteiger partial charge in [0.05, 0.1) is 6.10 Å². The zero-order valence-electron chi connectivity index (χ0n) is 13.4. The van der Waals surface area contributed by atoms with Gasteiger partial charge in [-0.1, -0.05) is 48.5 Å². The van der Waals surface area contributed by atoms with Crippen LogP contribution in [0.3, 0.4) is 0 Å². The van der Waals surface area contributed by atoms with E-state index in [1.165, 1.54) is 11.6 Å². The smallest absolute Gasteiger partial charge is 0.123 e. The molecule has 0 saturated carbocycles. The highest BCUT2D eigenvalue weighted by Crippen LogP contribution is 2.13. The van der Waals surface area contributed by atoms with E-state index in [1.807, 2.05) is 30.3 Å². The van der Waals surface area contributed by atoms with Crippen molar-refractivity contribution in [3.63, 3.8) is 0 Å². The highest BCUT2D eigenvalue weighted by atomic mass is 19.1. The molecule has 1 N–H and O–H groups in total. The predicted octanol–water partition coefficient (Wildman–Crippen LogP) is 4.16. The lowest BCUT2D eigenvalue weighted by Crippen LogP contribution is -2.31. The maximum absolute atomic E-state index is 13.4. The quantitative estimate of drug-likeness (QED) is 0.703. The minimum absolute atomic E-state index is 0.227. The number of hydrogen-bond donors (Lipinski definition) is 1. The summed E-state index contributed by atoms with van der Waals surface area (Å²) in [6, 6.07) is 16.8. The maximum atomic E-state index is 13.4. The molecule has 2 aromatic rings. The molecule has 0 aliphatic heterocycles. The van der Waals surface area contributed by atoms with Crippen molar-refractivity contribution >= 4 is 0 Å². The number of aliphatic hydroxyl groups is 1. The molecule has 0 radical (unpaired) electrons. The van der Waals surface area contributed by atoms with Gasteiger partial charge in [-0.3, -0.25) is 4.90 Å². The van der Waals surface area contributed by atoms with Gasteiger partial charge in [0.2, 0.25) is 0 Å². The third kappa shape index (κ3) is 6.35. The van der Waals surface area contributed by atoms with Crippen LogP contribution in [-0.4, -0.2) is 22.7 Å². The van der Waals surface area contributed by atoms with Gasteiger partial charge >= 0.3 is 0 Å². The molecule has 0 heterocycles. The van der Waals surface area contributed by atoms with Gasteiger partial charge in [-0.05, 0) is 36.1 Å². The van der Waals surface area contributed by atoms with Gasteiger partial charge in [-0.15, -0.1) is 6.58 Å². The molecule has 23 heavy (non-hydrogen) atoms. The van der Waals surface area contributed by atoms with Crippen LogP contribution in [0.25, 0.3) is 0 Å². The zero-order chi connectivity index (χ0) is 16.5. The summed E-state index contributed by atoms with van der Waals surface area (Å²) in [6.07, 6.45) is 2.89. The summed E-state index contributed by atoms with van der Waals surface area (Å²) >= 11 is 0. The molecule has 2 aromatic carbocycles. The van der Waals surface area contributed by atoms with Crippen LogP contribution in [-0.2, 0) is 13.1 Å². The molecule has 0 fully saturated rings. The second kappa shape index (κ2) is 9.23. The minimum atomic E-state index is -0.412. The second-order valence-corrected chi connectivity index (χ2v) is 5.80. The average Bonchev–Trinajstić information content (AvgIpc) is 2.54. The van der Waals surface area contributed by atoms with Crippen LogP contribution in [0.2, 0.25) is 0 Å². The molecule has 122 valence electrons. The first-order valence-electron chi connectivity index (χ1n) is 7.97. The Kier molecular flexibility index (Phi) is 6.98. The van der Waals surface area contributed by atoms with Crippen molar-refractivity contribution in [2.24, 2.45) is 0 Å². The lowest BCUT2D eigenvalue weighted by atomic mass is 10.1. The van der Waals surface area contributed by atoms with Gasteiger partial charge in [-0.25, -0.2) is 4.39 Å². The summed E-state index contributed by atoms with van der Waals surface area (Å²) < 4.78 is 13.4. The minimum Gasteiger partial charge on any atom is -0.392 e. The molecule has 2 nitrogen and oxygen atoms in total. The van der Waals surface area contributed by atoms with Gasteiger partial charge in [-0.2, -0.15) is 0 Å². The fraction of sp³-hybridized carbons (Fsp3) is 0.300. The molecule has 0 aromatic heterocycles. The molecule has 1 atom stereocenters. The standard InChI is InChI=1S/C20H24FNO/c1-2-3-12-20(23)16-22(14-17-8-5-4-6-9-17)15-18-10-7-11-19(21)13-18/h2,4-11,13,20,23H,1,3,12,14-16H2/t20-/m1/s1. The Bertz CT molecular complexity index is 600. The van der Waals surface area contributed by atoms with E-state index in [-0.39, 0.29) is 5.82 Å². The summed E-state index contributed by atoms with van der Waals surface area (Å²) in [5, 5.41) is 10.2. The summed E-state index contributed by atoms with van der Waals surface area (Å²) in [6.45, 7) is 5.58. The topological polar surface area (TPSA) is 23.5 Å². The van der Waals surface area contributed by atoms with Crippen molar-refractivity contribution in [2.45, 2.75) is 32.0 Å². The van der Waals surface area contributed by atoms with Crippen molar-refractivity contribution in [2.75, 3.05) is 6.54 Å². The Morgan fingerprint density at radius 3 is 2.43 bits per heavy atom. The zero-order valence-corrected chi connectivity index (χ0v) is 13.4. The normalized spacial score (nSPS) is 12.3. The van der Waals surface area contributed by atoms with E-state index < -0.39 is 6.10 Å². The first kappa shape index (κ1) is 17.4. The van der Waals surface area contributed by atoms with Crippen molar-refractivity contribution < 1.29 is 9.50 Å². The number of aliphatic hydroxyl groups excluding tert-OH is 1. The van der Waals surface area contributed by atoms with Crippen LogP contribution in [0.1, 0.15) is 24.0 Å². The van der Waals surface area contributed by atoms with E-state index in [2.05, 4.69) is 23.6 Å². The van der Waals surface area contributed by atoms with Crippen molar-refractivity contribution in [3.8, 4) is 0 Å². The second-order valence-electron chi connectivity index (χ2n) is 5.80. The predicted molar refractivity (Wildman–Crippen MR) is 92.4 cm³/mol. The molecule has 3 heteroatoms. The lowest BCUT2D eigenvalue weighted by Gasteiger charge is -2.25. The Balaban J connectivity index is 2.05. The number of benzene rings is 2. The largest absolute Gasteiger partial charge is 0.392 e. The molecular weight excluding hydrogens is 289 g/mol. The first-order chi connectivity index (χ1) is 11.2. The monoisotopic (exact) mass is 313 g/mol. The Morgan fingerprint density at radius 1 is 1.04 bits per heavy atom. The van der Waals surface area contributed by atoms with Crippen LogP contribution < -0.4 is 0 Å². The van der Waals surface area contributed by atoms with E-state index in [1.54, 1.807) is 12.1 Å². The Morgan fingerprint density at radius 2 is 1.74 bits per heavy atom. The number of rotatable bonds is 9. The third-order valence-electron chi connectivity index (χ3n) is 3.72. The molecule has 0 aliphatic carbocycles. The molecule has 0 amide bonds. The fourth-order valence-corrected chi connectivity index (χ4v) is 2.62. The first-order valence-corrected chi connectivity index (χ1v) is 7.97. The molecule has 2 rings (SSSR count). The summed E-state index contributed by atoms with van der Waals surface area (Å²) in [4.78, 5) is 2.15. The van der Waals surface area contributed by atoms with E-state index in [4.69, 9.17) is 0 Å². The molecule has 0 saturated heterocycles. The van der Waals surface area contributed by atoms with Crippen LogP contribution in [0, 0.1) is 5.82 Å². The summed E-state index contributed by atoms with van der Waals surface area (Å²) in [7, 11) is 0. The van der Waals surface area contributed by atoms with E-state index in [9.17, 15) is 9.50 Å². The summed E-state index contributed by atoms with van der Waals surface area (Å²) in [5.74, 6) is -0.227. The van der Waals surface area contributed by atoms with Crippen LogP contribution in [0.5, 0.6) is 0 Å². The molecule has 0 aliphatic rings. The third-order valence-corrected chi connectivity index (χ3v) is 3.72. The highest BCUT2D eigenvalue weighted by molar-refractivity contribution is 5.18. The van der Waals surface area contributed by atoms with Crippen molar-refractivity contribution in [1.82, 2.24) is 4.90 Å². The summed E-state index contributed by atoms with van der Waals surface area (Å²) in [5.41, 5.74) is 2.09. The molecule has 0 unspecified atom stereocenters. The highest BCUT2D eigenvalue weighted by Gasteiger charge is 2.13. The molecule has 0 spiro atoms. The van der Waals surface area contributed by atoms with Crippen LogP contribution in [0.15, 0.2) is 67.3 Å². The molecule has 0 bridgehead atoms. The SMILES string of the molecule is C=CCC[C@@H](O)CN(Cc1ccccc1)Cc1cccc(F)c1. The van der Waals surface area contributed by atoms with Crippen LogP contribution >= 0.6 is 0 Å². The lowest BCUT2D eigenvalue weighted by molar-refractivity contribution is 0.0983. The van der Waals surface area contributed by atoms with Gasteiger partial charge < -0.3 is 5.11 Å². The van der Waals surface area contributed by atoms with Gasteiger partial charge in [0.15, 0.2) is 0 Å². The van der Waals surface area contributed by atoms with E-state index in [0.29, 0.717) is 19.5 Å². The fourth-order valence-electron chi connectivity index (χ4n) is 2.62. The van der Waals surface area contributed by atoms with E-state index in [0.717, 1.165) is 18.5 Å². The van der Waals surface area contributed by atoms with Crippen molar-refractivity contribution in [3.05, 3.63) is 84.2 Å². The van der Waals surface area contributed by atoms with Gasteiger partial charge in [0, 0.05) is 19.6 Å². The number of halogens is 1. The van der Waals surface area contributed by atoms with E-state index >= 15 is 0 Å².